The van der Waals surface area contributed by atoms with Gasteiger partial charge in [-0.1, -0.05) is 32.4 Å². The highest BCUT2D eigenvalue weighted by Crippen LogP contribution is 2.46. The molecule has 1 unspecified atom stereocenters. The van der Waals surface area contributed by atoms with Crippen molar-refractivity contribution >= 4 is 19.9 Å². The number of carbonyl (C=O) groups is 2. The molecule has 2 rings (SSSR count). The van der Waals surface area contributed by atoms with E-state index in [1.165, 1.54) is 5.57 Å². The average Bonchev–Trinajstić information content (AvgIpc) is 2.82. The largest absolute Gasteiger partial charge is 0.414 e. The summed E-state index contributed by atoms with van der Waals surface area (Å²) in [6.07, 6.45) is 6.27. The molecule has 1 saturated carbocycles. The molecular weight excluding hydrogens is 328 g/mol. The van der Waals surface area contributed by atoms with Crippen molar-refractivity contribution in [2.45, 2.75) is 91.0 Å². The number of ketones is 2. The minimum absolute atomic E-state index is 0.113. The lowest BCUT2D eigenvalue weighted by molar-refractivity contribution is -0.128. The third-order valence-electron chi connectivity index (χ3n) is 6.74. The summed E-state index contributed by atoms with van der Waals surface area (Å²) < 4.78 is 6.73. The van der Waals surface area contributed by atoms with Crippen LogP contribution in [0.25, 0.3) is 0 Å². The zero-order valence-electron chi connectivity index (χ0n) is 17.1. The Kier molecular flexibility index (Phi) is 6.15. The summed E-state index contributed by atoms with van der Waals surface area (Å²) in [6, 6.07) is 0. The Hall–Kier alpha value is -0.743. The van der Waals surface area contributed by atoms with E-state index in [4.69, 9.17) is 4.43 Å². The van der Waals surface area contributed by atoms with Crippen molar-refractivity contribution in [3.05, 3.63) is 11.6 Å². The maximum Gasteiger partial charge on any atom is 0.192 e. The predicted molar refractivity (Wildman–Crippen MR) is 105 cm³/mol. The normalized spacial score (nSPS) is 33.2. The fraction of sp³-hybridized carbons (Fsp3) is 0.810. The van der Waals surface area contributed by atoms with E-state index in [1.807, 2.05) is 0 Å². The van der Waals surface area contributed by atoms with Crippen LogP contribution in [0.15, 0.2) is 11.6 Å². The lowest BCUT2D eigenvalue weighted by atomic mass is 9.78. The summed E-state index contributed by atoms with van der Waals surface area (Å²) in [6.45, 7) is 15.2. The number of rotatable bonds is 4. The number of hydrogen-bond donors (Lipinski definition) is 0. The molecule has 0 aromatic carbocycles. The molecule has 25 heavy (non-hydrogen) atoms. The lowest BCUT2D eigenvalue weighted by Gasteiger charge is -2.40. The van der Waals surface area contributed by atoms with Crippen LogP contribution in [0.2, 0.25) is 18.1 Å². The molecule has 4 heteroatoms. The summed E-state index contributed by atoms with van der Waals surface area (Å²) >= 11 is 0. The average molecular weight is 365 g/mol. The van der Waals surface area contributed by atoms with E-state index in [0.29, 0.717) is 18.8 Å². The number of Topliss-reactive ketones (excluding diaryl/α,β-unsaturated/α-hetero) is 2. The molecule has 2 aliphatic rings. The van der Waals surface area contributed by atoms with E-state index >= 15 is 0 Å². The lowest BCUT2D eigenvalue weighted by Crippen LogP contribution is -2.45. The minimum atomic E-state index is -1.85. The SMILES string of the molecule is CC(=O)CC1C/C=C(/C)[C@H]2CC[C@H](O[Si](C)(C)C(C)(C)C)[C@H]2CC1=O. The first-order valence-electron chi connectivity index (χ1n) is 9.79. The summed E-state index contributed by atoms with van der Waals surface area (Å²) in [5.41, 5.74) is 1.40. The highest BCUT2D eigenvalue weighted by molar-refractivity contribution is 6.74. The molecule has 4 atom stereocenters. The van der Waals surface area contributed by atoms with Crippen LogP contribution in [0.4, 0.5) is 0 Å². The van der Waals surface area contributed by atoms with Gasteiger partial charge < -0.3 is 9.22 Å². The maximum atomic E-state index is 12.8. The standard InChI is InChI=1S/C21H36O3Si/c1-14-8-9-16(12-15(2)22)19(23)13-18-17(14)10-11-20(18)24-25(6,7)21(3,4)5/h8,16-18,20H,9-13H2,1-7H3/b14-8-/t16?,17-,18+,20+/m1/s1. The van der Waals surface area contributed by atoms with Gasteiger partial charge in [0.15, 0.2) is 8.32 Å². The van der Waals surface area contributed by atoms with Crippen LogP contribution < -0.4 is 0 Å². The number of allylic oxidation sites excluding steroid dienone is 2. The van der Waals surface area contributed by atoms with Gasteiger partial charge in [0, 0.05) is 24.9 Å². The third kappa shape index (κ3) is 4.71. The molecule has 1 fully saturated rings. The van der Waals surface area contributed by atoms with E-state index in [2.05, 4.69) is 46.9 Å². The molecule has 0 N–H and O–H groups in total. The third-order valence-corrected chi connectivity index (χ3v) is 11.2. The topological polar surface area (TPSA) is 43.4 Å². The molecule has 0 spiro atoms. The van der Waals surface area contributed by atoms with Crippen LogP contribution in [0.5, 0.6) is 0 Å². The first-order valence-corrected chi connectivity index (χ1v) is 12.7. The van der Waals surface area contributed by atoms with Gasteiger partial charge in [-0.05, 0) is 63.1 Å². The molecule has 0 amide bonds. The number of hydrogen-bond acceptors (Lipinski definition) is 3. The van der Waals surface area contributed by atoms with E-state index in [9.17, 15) is 9.59 Å². The van der Waals surface area contributed by atoms with Gasteiger partial charge >= 0.3 is 0 Å². The molecule has 0 aliphatic heterocycles. The smallest absolute Gasteiger partial charge is 0.192 e. The van der Waals surface area contributed by atoms with Gasteiger partial charge in [-0.3, -0.25) is 4.79 Å². The van der Waals surface area contributed by atoms with Crippen LogP contribution in [0.1, 0.15) is 66.7 Å². The zero-order chi connectivity index (χ0) is 19.0. The van der Waals surface area contributed by atoms with Crippen molar-refractivity contribution in [3.8, 4) is 0 Å². The Labute approximate surface area is 154 Å². The van der Waals surface area contributed by atoms with Crippen molar-refractivity contribution in [2.75, 3.05) is 0 Å². The second kappa shape index (κ2) is 7.48. The van der Waals surface area contributed by atoms with Gasteiger partial charge in [0.2, 0.25) is 0 Å². The molecular formula is C21H36O3Si. The predicted octanol–water partition coefficient (Wildman–Crippen LogP) is 5.31. The van der Waals surface area contributed by atoms with Crippen molar-refractivity contribution < 1.29 is 14.0 Å². The molecule has 0 bridgehead atoms. The quantitative estimate of drug-likeness (QED) is 0.502. The highest BCUT2D eigenvalue weighted by Gasteiger charge is 2.46. The molecule has 142 valence electrons. The highest BCUT2D eigenvalue weighted by atomic mass is 28.4. The molecule has 2 aliphatic carbocycles. The van der Waals surface area contributed by atoms with Gasteiger partial charge in [-0.25, -0.2) is 0 Å². The number of fused-ring (bicyclic) bond motifs is 1. The van der Waals surface area contributed by atoms with Crippen LogP contribution in [-0.2, 0) is 14.0 Å². The fourth-order valence-corrected chi connectivity index (χ4v) is 5.53. The molecule has 0 aromatic heterocycles. The van der Waals surface area contributed by atoms with E-state index in [0.717, 1.165) is 19.3 Å². The van der Waals surface area contributed by atoms with E-state index in [-0.39, 0.29) is 34.5 Å². The molecule has 0 saturated heterocycles. The van der Waals surface area contributed by atoms with E-state index in [1.54, 1.807) is 6.92 Å². The van der Waals surface area contributed by atoms with Crippen LogP contribution in [-0.4, -0.2) is 26.0 Å². The molecule has 0 radical (unpaired) electrons. The Morgan fingerprint density at radius 3 is 2.48 bits per heavy atom. The van der Waals surface area contributed by atoms with Gasteiger partial charge in [0.25, 0.3) is 0 Å². The molecule has 0 aromatic rings. The summed E-state index contributed by atoms with van der Waals surface area (Å²) in [5.74, 6) is 0.994. The second-order valence-electron chi connectivity index (χ2n) is 9.72. The molecule has 0 heterocycles. The van der Waals surface area contributed by atoms with Crippen LogP contribution in [0.3, 0.4) is 0 Å². The first kappa shape index (κ1) is 20.6. The van der Waals surface area contributed by atoms with Crippen LogP contribution in [0, 0.1) is 17.8 Å². The summed E-state index contributed by atoms with van der Waals surface area (Å²) in [7, 11) is -1.85. The second-order valence-corrected chi connectivity index (χ2v) is 14.5. The van der Waals surface area contributed by atoms with Crippen molar-refractivity contribution in [2.24, 2.45) is 17.8 Å². The van der Waals surface area contributed by atoms with Gasteiger partial charge in [-0.2, -0.15) is 0 Å². The zero-order valence-corrected chi connectivity index (χ0v) is 18.1. The minimum Gasteiger partial charge on any atom is -0.414 e. The van der Waals surface area contributed by atoms with Crippen LogP contribution >= 0.6 is 0 Å². The fourth-order valence-electron chi connectivity index (χ4n) is 4.13. The van der Waals surface area contributed by atoms with Crippen molar-refractivity contribution in [1.82, 2.24) is 0 Å². The monoisotopic (exact) mass is 364 g/mol. The maximum absolute atomic E-state index is 12.8. The van der Waals surface area contributed by atoms with Gasteiger partial charge in [-0.15, -0.1) is 0 Å². The summed E-state index contributed by atoms with van der Waals surface area (Å²) in [5, 5.41) is 0.179. The van der Waals surface area contributed by atoms with Gasteiger partial charge in [0.05, 0.1) is 0 Å². The van der Waals surface area contributed by atoms with E-state index < -0.39 is 8.32 Å². The van der Waals surface area contributed by atoms with Crippen molar-refractivity contribution in [3.63, 3.8) is 0 Å². The Balaban J connectivity index is 2.21. The Morgan fingerprint density at radius 2 is 1.92 bits per heavy atom. The Morgan fingerprint density at radius 1 is 1.28 bits per heavy atom. The first-order chi connectivity index (χ1) is 11.4. The Bertz CT molecular complexity index is 556. The molecule has 3 nitrogen and oxygen atoms in total. The number of carbonyl (C=O) groups excluding carboxylic acids is 2. The summed E-state index contributed by atoms with van der Waals surface area (Å²) in [4.78, 5) is 24.4. The van der Waals surface area contributed by atoms with Crippen molar-refractivity contribution in [1.29, 1.82) is 0 Å². The van der Waals surface area contributed by atoms with Gasteiger partial charge in [0.1, 0.15) is 11.6 Å².